The molecule has 0 saturated carbocycles. The number of hydrogen-bond donors (Lipinski definition) is 0. The summed E-state index contributed by atoms with van der Waals surface area (Å²) in [7, 11) is 0. The molecule has 0 aliphatic carbocycles. The first kappa shape index (κ1) is 10.9. The molecule has 2 heteroatoms. The van der Waals surface area contributed by atoms with Crippen LogP contribution >= 0.6 is 11.8 Å². The van der Waals surface area contributed by atoms with Crippen LogP contribution in [0.4, 0.5) is 5.69 Å². The molecule has 0 amide bonds. The molecule has 0 unspecified atom stereocenters. The molecule has 1 nitrogen and oxygen atoms in total. The van der Waals surface area contributed by atoms with E-state index in [1.165, 1.54) is 48.5 Å². The predicted molar refractivity (Wildman–Crippen MR) is 69.0 cm³/mol. The molecule has 0 bridgehead atoms. The minimum atomic E-state index is 1.23. The van der Waals surface area contributed by atoms with Crippen molar-refractivity contribution in [2.45, 2.75) is 31.1 Å². The van der Waals surface area contributed by atoms with Gasteiger partial charge >= 0.3 is 0 Å². The van der Waals surface area contributed by atoms with E-state index in [1.807, 2.05) is 11.8 Å². The second-order valence-corrected chi connectivity index (χ2v) is 5.05. The molecule has 1 saturated heterocycles. The van der Waals surface area contributed by atoms with E-state index in [2.05, 4.69) is 36.3 Å². The molecule has 1 aliphatic heterocycles. The van der Waals surface area contributed by atoms with Gasteiger partial charge in [-0.05, 0) is 50.1 Å². The molecule has 82 valence electrons. The summed E-state index contributed by atoms with van der Waals surface area (Å²) in [4.78, 5) is 3.93. The first-order chi connectivity index (χ1) is 7.31. The van der Waals surface area contributed by atoms with Gasteiger partial charge in [0.2, 0.25) is 0 Å². The zero-order valence-corrected chi connectivity index (χ0v) is 10.4. The fourth-order valence-corrected chi connectivity index (χ4v) is 2.79. The van der Waals surface area contributed by atoms with Gasteiger partial charge in [-0.15, -0.1) is 11.8 Å². The quantitative estimate of drug-likeness (QED) is 0.700. The number of benzene rings is 1. The summed E-state index contributed by atoms with van der Waals surface area (Å²) in [5, 5.41) is 0. The zero-order chi connectivity index (χ0) is 10.7. The van der Waals surface area contributed by atoms with Gasteiger partial charge in [0.25, 0.3) is 0 Å². The van der Waals surface area contributed by atoms with Crippen molar-refractivity contribution in [1.29, 1.82) is 0 Å². The highest BCUT2D eigenvalue weighted by Gasteiger charge is 2.11. The van der Waals surface area contributed by atoms with Gasteiger partial charge in [0.05, 0.1) is 0 Å². The van der Waals surface area contributed by atoms with Crippen LogP contribution in [0.25, 0.3) is 0 Å². The molecular weight excluding hydrogens is 202 g/mol. The first-order valence-corrected chi connectivity index (χ1v) is 6.93. The molecule has 1 aromatic carbocycles. The number of nitrogens with zero attached hydrogens (tertiary/aromatic N) is 1. The molecule has 0 atom stereocenters. The van der Waals surface area contributed by atoms with Crippen molar-refractivity contribution in [3.63, 3.8) is 0 Å². The second kappa shape index (κ2) is 4.93. The Morgan fingerprint density at radius 3 is 2.53 bits per heavy atom. The lowest BCUT2D eigenvalue weighted by molar-refractivity contribution is 0.577. The Kier molecular flexibility index (Phi) is 3.57. The van der Waals surface area contributed by atoms with E-state index >= 15 is 0 Å². The van der Waals surface area contributed by atoms with Crippen LogP contribution in [0, 0.1) is 6.92 Å². The topological polar surface area (TPSA) is 3.24 Å². The SMILES string of the molecule is CSc1cc(N2CCCCC2)ccc1C. The minimum absolute atomic E-state index is 1.23. The monoisotopic (exact) mass is 221 g/mol. The van der Waals surface area contributed by atoms with E-state index in [1.54, 1.807) is 0 Å². The van der Waals surface area contributed by atoms with Crippen LogP contribution in [-0.2, 0) is 0 Å². The van der Waals surface area contributed by atoms with Crippen LogP contribution in [0.15, 0.2) is 23.1 Å². The predicted octanol–water partition coefficient (Wildman–Crippen LogP) is 3.71. The van der Waals surface area contributed by atoms with Gasteiger partial charge in [-0.3, -0.25) is 0 Å². The fourth-order valence-electron chi connectivity index (χ4n) is 2.16. The molecule has 1 fully saturated rings. The van der Waals surface area contributed by atoms with Gasteiger partial charge in [-0.2, -0.15) is 0 Å². The number of thioether (sulfide) groups is 1. The molecule has 0 spiro atoms. The van der Waals surface area contributed by atoms with Crippen LogP contribution in [0.5, 0.6) is 0 Å². The summed E-state index contributed by atoms with van der Waals surface area (Å²) >= 11 is 1.85. The normalized spacial score (nSPS) is 16.8. The Hall–Kier alpha value is -0.630. The van der Waals surface area contributed by atoms with Gasteiger partial charge in [0, 0.05) is 23.7 Å². The first-order valence-electron chi connectivity index (χ1n) is 5.71. The molecule has 2 rings (SSSR count). The highest BCUT2D eigenvalue weighted by Crippen LogP contribution is 2.27. The Morgan fingerprint density at radius 1 is 1.13 bits per heavy atom. The molecule has 0 radical (unpaired) electrons. The van der Waals surface area contributed by atoms with E-state index in [0.29, 0.717) is 0 Å². The minimum Gasteiger partial charge on any atom is -0.372 e. The lowest BCUT2D eigenvalue weighted by atomic mass is 10.1. The van der Waals surface area contributed by atoms with E-state index in [4.69, 9.17) is 0 Å². The van der Waals surface area contributed by atoms with Crippen molar-refractivity contribution in [1.82, 2.24) is 0 Å². The third-order valence-corrected chi connectivity index (χ3v) is 3.99. The summed E-state index contributed by atoms with van der Waals surface area (Å²) in [6.45, 7) is 4.65. The maximum Gasteiger partial charge on any atom is 0.0377 e. The summed E-state index contributed by atoms with van der Waals surface area (Å²) in [5.74, 6) is 0. The van der Waals surface area contributed by atoms with Crippen LogP contribution in [0.1, 0.15) is 24.8 Å². The standard InChI is InChI=1S/C13H19NS/c1-11-6-7-12(10-13(11)15-2)14-8-4-3-5-9-14/h6-7,10H,3-5,8-9H2,1-2H3. The van der Waals surface area contributed by atoms with Crippen molar-refractivity contribution in [3.8, 4) is 0 Å². The summed E-state index contributed by atoms with van der Waals surface area (Å²) in [6.07, 6.45) is 6.25. The van der Waals surface area contributed by atoms with E-state index in [9.17, 15) is 0 Å². The highest BCUT2D eigenvalue weighted by molar-refractivity contribution is 7.98. The Bertz CT molecular complexity index is 329. The van der Waals surface area contributed by atoms with Crippen LogP contribution < -0.4 is 4.90 Å². The third-order valence-electron chi connectivity index (χ3n) is 3.11. The lowest BCUT2D eigenvalue weighted by Gasteiger charge is -2.29. The maximum atomic E-state index is 2.52. The summed E-state index contributed by atoms with van der Waals surface area (Å²) in [6, 6.07) is 6.85. The summed E-state index contributed by atoms with van der Waals surface area (Å²) < 4.78 is 0. The maximum absolute atomic E-state index is 2.52. The molecule has 1 aliphatic rings. The van der Waals surface area contributed by atoms with Crippen LogP contribution in [-0.4, -0.2) is 19.3 Å². The smallest absolute Gasteiger partial charge is 0.0377 e. The molecule has 0 N–H and O–H groups in total. The van der Waals surface area contributed by atoms with Crippen molar-refractivity contribution in [2.75, 3.05) is 24.2 Å². The number of aryl methyl sites for hydroxylation is 1. The van der Waals surface area contributed by atoms with Crippen LogP contribution in [0.2, 0.25) is 0 Å². The van der Waals surface area contributed by atoms with Gasteiger partial charge < -0.3 is 4.90 Å². The summed E-state index contributed by atoms with van der Waals surface area (Å²) in [5.41, 5.74) is 2.80. The van der Waals surface area contributed by atoms with Crippen LogP contribution in [0.3, 0.4) is 0 Å². The average molecular weight is 221 g/mol. The van der Waals surface area contributed by atoms with Gasteiger partial charge in [-0.1, -0.05) is 6.07 Å². The lowest BCUT2D eigenvalue weighted by Crippen LogP contribution is -2.29. The van der Waals surface area contributed by atoms with Gasteiger partial charge in [-0.25, -0.2) is 0 Å². The largest absolute Gasteiger partial charge is 0.372 e. The van der Waals surface area contributed by atoms with E-state index in [-0.39, 0.29) is 0 Å². The average Bonchev–Trinajstić information content (AvgIpc) is 2.31. The number of anilines is 1. The third kappa shape index (κ3) is 2.49. The highest BCUT2D eigenvalue weighted by atomic mass is 32.2. The molecule has 15 heavy (non-hydrogen) atoms. The number of hydrogen-bond acceptors (Lipinski definition) is 2. The van der Waals surface area contributed by atoms with E-state index in [0.717, 1.165) is 0 Å². The van der Waals surface area contributed by atoms with Gasteiger partial charge in [0.15, 0.2) is 0 Å². The van der Waals surface area contributed by atoms with Gasteiger partial charge in [0.1, 0.15) is 0 Å². The molecular formula is C13H19NS. The van der Waals surface area contributed by atoms with Crippen molar-refractivity contribution in [2.24, 2.45) is 0 Å². The molecule has 0 aromatic heterocycles. The van der Waals surface area contributed by atoms with E-state index < -0.39 is 0 Å². The Labute approximate surface area is 96.9 Å². The number of rotatable bonds is 2. The van der Waals surface area contributed by atoms with Crippen molar-refractivity contribution < 1.29 is 0 Å². The number of piperidine rings is 1. The van der Waals surface area contributed by atoms with Crippen molar-refractivity contribution in [3.05, 3.63) is 23.8 Å². The zero-order valence-electron chi connectivity index (χ0n) is 9.62. The fraction of sp³-hybridized carbons (Fsp3) is 0.538. The molecule has 1 heterocycles. The van der Waals surface area contributed by atoms with Crippen molar-refractivity contribution >= 4 is 17.4 Å². The Balaban J connectivity index is 2.20. The second-order valence-electron chi connectivity index (χ2n) is 4.20. The Morgan fingerprint density at radius 2 is 1.87 bits per heavy atom. The molecule has 1 aromatic rings.